The lowest BCUT2D eigenvalue weighted by molar-refractivity contribution is 0.238. The topological polar surface area (TPSA) is 56.3 Å². The summed E-state index contributed by atoms with van der Waals surface area (Å²) in [6.45, 7) is 2.39. The van der Waals surface area contributed by atoms with Gasteiger partial charge in [-0.2, -0.15) is 0 Å². The first kappa shape index (κ1) is 14.4. The summed E-state index contributed by atoms with van der Waals surface area (Å²) >= 11 is 3.25. The Balaban J connectivity index is 1.84. The van der Waals surface area contributed by atoms with Crippen molar-refractivity contribution in [3.05, 3.63) is 63.1 Å². The number of aromatic amines is 1. The summed E-state index contributed by atoms with van der Waals surface area (Å²) in [4.78, 5) is 17.1. The first-order chi connectivity index (χ1) is 10.2. The molecule has 2 aromatic rings. The number of aromatic nitrogens is 1. The van der Waals surface area contributed by atoms with Crippen LogP contribution in [-0.2, 0) is 24.8 Å². The van der Waals surface area contributed by atoms with E-state index in [1.807, 2.05) is 18.2 Å². The van der Waals surface area contributed by atoms with Crippen LogP contribution >= 0.6 is 15.9 Å². The fourth-order valence-corrected chi connectivity index (χ4v) is 3.32. The highest BCUT2D eigenvalue weighted by molar-refractivity contribution is 9.08. The zero-order valence-electron chi connectivity index (χ0n) is 11.6. The third-order valence-corrected chi connectivity index (χ3v) is 4.48. The molecule has 0 saturated heterocycles. The number of alkyl halides is 1. The number of halogens is 1. The van der Waals surface area contributed by atoms with E-state index in [4.69, 9.17) is 0 Å². The lowest BCUT2D eigenvalue weighted by atomic mass is 10.0. The zero-order valence-corrected chi connectivity index (χ0v) is 13.2. The number of pyridine rings is 1. The van der Waals surface area contributed by atoms with E-state index in [0.29, 0.717) is 17.4 Å². The highest BCUT2D eigenvalue weighted by Gasteiger charge is 2.22. The molecule has 0 amide bonds. The Hall–Kier alpha value is -1.59. The first-order valence-electron chi connectivity index (χ1n) is 6.97. The quantitative estimate of drug-likeness (QED) is 0.838. The molecule has 0 atom stereocenters. The minimum atomic E-state index is -0.204. The molecule has 1 aromatic heterocycles. The van der Waals surface area contributed by atoms with Gasteiger partial charge in [0.2, 0.25) is 0 Å². The van der Waals surface area contributed by atoms with Crippen molar-refractivity contribution < 1.29 is 5.11 Å². The van der Waals surface area contributed by atoms with Gasteiger partial charge in [-0.15, -0.1) is 0 Å². The molecule has 0 bridgehead atoms. The van der Waals surface area contributed by atoms with Gasteiger partial charge in [0, 0.05) is 36.2 Å². The first-order valence-corrected chi connectivity index (χ1v) is 8.09. The molecule has 0 fully saturated rings. The molecule has 0 saturated carbocycles. The fourth-order valence-electron chi connectivity index (χ4n) is 2.80. The van der Waals surface area contributed by atoms with Crippen molar-refractivity contribution in [1.82, 2.24) is 9.88 Å². The van der Waals surface area contributed by atoms with Crippen LogP contribution in [0.5, 0.6) is 5.75 Å². The third kappa shape index (κ3) is 2.89. The molecule has 21 heavy (non-hydrogen) atoms. The number of H-pyrrole nitrogens is 1. The fraction of sp³-hybridized carbons (Fsp3) is 0.312. The number of aromatic hydroxyl groups is 1. The monoisotopic (exact) mass is 348 g/mol. The molecule has 0 aliphatic carbocycles. The van der Waals surface area contributed by atoms with Gasteiger partial charge in [-0.05, 0) is 12.0 Å². The molecule has 0 radical (unpaired) electrons. The number of nitrogens with one attached hydrogen (secondary N) is 1. The van der Waals surface area contributed by atoms with Crippen LogP contribution < -0.4 is 5.56 Å². The van der Waals surface area contributed by atoms with Gasteiger partial charge in [-0.3, -0.25) is 9.69 Å². The maximum atomic E-state index is 11.9. The molecule has 5 heteroatoms. The van der Waals surface area contributed by atoms with Gasteiger partial charge in [0.05, 0.1) is 5.56 Å². The number of benzene rings is 1. The lowest BCUT2D eigenvalue weighted by Crippen LogP contribution is -2.33. The van der Waals surface area contributed by atoms with Crippen molar-refractivity contribution in [2.75, 3.05) is 6.54 Å². The average Bonchev–Trinajstić information content (AvgIpc) is 2.48. The van der Waals surface area contributed by atoms with Crippen molar-refractivity contribution >= 4 is 15.9 Å². The second-order valence-electron chi connectivity index (χ2n) is 5.32. The number of fused-ring (bicyclic) bond motifs is 1. The molecule has 4 nitrogen and oxygen atoms in total. The van der Waals surface area contributed by atoms with Gasteiger partial charge in [0.15, 0.2) is 0 Å². The smallest absolute Gasteiger partial charge is 0.255 e. The maximum absolute atomic E-state index is 11.9. The van der Waals surface area contributed by atoms with E-state index < -0.39 is 0 Å². The second kappa shape index (κ2) is 6.03. The van der Waals surface area contributed by atoms with Gasteiger partial charge in [0.1, 0.15) is 5.75 Å². The van der Waals surface area contributed by atoms with E-state index in [1.54, 1.807) is 0 Å². The lowest BCUT2D eigenvalue weighted by Gasteiger charge is -2.29. The Morgan fingerprint density at radius 2 is 2.05 bits per heavy atom. The van der Waals surface area contributed by atoms with Crippen LogP contribution in [0.15, 0.2) is 35.1 Å². The predicted octanol–water partition coefficient (Wildman–Crippen LogP) is 2.53. The summed E-state index contributed by atoms with van der Waals surface area (Å²) in [7, 11) is 0. The van der Waals surface area contributed by atoms with Crippen LogP contribution in [0, 0.1) is 0 Å². The average molecular weight is 349 g/mol. The maximum Gasteiger partial charge on any atom is 0.255 e. The summed E-state index contributed by atoms with van der Waals surface area (Å²) in [5.74, 6) is 0.157. The Morgan fingerprint density at radius 3 is 2.76 bits per heavy atom. The zero-order chi connectivity index (χ0) is 14.8. The summed E-state index contributed by atoms with van der Waals surface area (Å²) < 4.78 is 0. The number of hydrogen-bond donors (Lipinski definition) is 2. The van der Waals surface area contributed by atoms with Crippen LogP contribution in [0.4, 0.5) is 0 Å². The Kier molecular flexibility index (Phi) is 4.12. The van der Waals surface area contributed by atoms with Crippen LogP contribution in [0.25, 0.3) is 0 Å². The minimum absolute atomic E-state index is 0.157. The van der Waals surface area contributed by atoms with Crippen molar-refractivity contribution in [3.63, 3.8) is 0 Å². The molecule has 1 aliphatic heterocycles. The van der Waals surface area contributed by atoms with Crippen LogP contribution in [0.2, 0.25) is 0 Å². The van der Waals surface area contributed by atoms with Crippen molar-refractivity contribution in [3.8, 4) is 5.75 Å². The minimum Gasteiger partial charge on any atom is -0.507 e. The van der Waals surface area contributed by atoms with Crippen molar-refractivity contribution in [1.29, 1.82) is 0 Å². The van der Waals surface area contributed by atoms with Gasteiger partial charge < -0.3 is 10.1 Å². The molecular formula is C16H17BrN2O2. The molecule has 3 rings (SSSR count). The summed E-state index contributed by atoms with van der Waals surface area (Å²) in [6, 6.07) is 10.3. The van der Waals surface area contributed by atoms with E-state index in [-0.39, 0.29) is 11.3 Å². The highest BCUT2D eigenvalue weighted by Crippen LogP contribution is 2.28. The molecule has 1 aliphatic rings. The van der Waals surface area contributed by atoms with Crippen molar-refractivity contribution in [2.45, 2.75) is 24.8 Å². The van der Waals surface area contributed by atoms with Gasteiger partial charge in [0.25, 0.3) is 5.56 Å². The molecule has 2 N–H and O–H groups in total. The Bertz CT molecular complexity index is 697. The van der Waals surface area contributed by atoms with Crippen LogP contribution in [0.3, 0.4) is 0 Å². The number of hydrogen-bond acceptors (Lipinski definition) is 3. The molecule has 0 unspecified atom stereocenters. The molecule has 2 heterocycles. The normalized spacial score (nSPS) is 14.9. The summed E-state index contributed by atoms with van der Waals surface area (Å²) in [5, 5.41) is 10.6. The van der Waals surface area contributed by atoms with Crippen LogP contribution in [0.1, 0.15) is 22.4 Å². The van der Waals surface area contributed by atoms with E-state index in [0.717, 1.165) is 30.8 Å². The van der Waals surface area contributed by atoms with E-state index >= 15 is 0 Å². The molecule has 110 valence electrons. The number of rotatable bonds is 3. The standard InChI is InChI=1S/C16H17BrN2O2/c17-8-13-15(20)12-6-7-19(10-14(12)18-16(13)21)9-11-4-2-1-3-5-11/h1-5H,6-10H2,(H2,18,20,21). The molecular weight excluding hydrogens is 332 g/mol. The van der Waals surface area contributed by atoms with Gasteiger partial charge >= 0.3 is 0 Å². The van der Waals surface area contributed by atoms with Crippen LogP contribution in [-0.4, -0.2) is 21.5 Å². The molecule has 1 aromatic carbocycles. The summed E-state index contributed by atoms with van der Waals surface area (Å²) in [6.07, 6.45) is 0.755. The Labute approximate surface area is 131 Å². The number of nitrogens with zero attached hydrogens (tertiary/aromatic N) is 1. The van der Waals surface area contributed by atoms with Gasteiger partial charge in [-0.25, -0.2) is 0 Å². The van der Waals surface area contributed by atoms with E-state index in [9.17, 15) is 9.90 Å². The summed E-state index contributed by atoms with van der Waals surface area (Å²) in [5.41, 5.74) is 3.19. The second-order valence-corrected chi connectivity index (χ2v) is 5.88. The largest absolute Gasteiger partial charge is 0.507 e. The van der Waals surface area contributed by atoms with E-state index in [1.165, 1.54) is 5.56 Å². The third-order valence-electron chi connectivity index (χ3n) is 3.92. The highest BCUT2D eigenvalue weighted by atomic mass is 79.9. The Morgan fingerprint density at radius 1 is 1.29 bits per heavy atom. The van der Waals surface area contributed by atoms with Gasteiger partial charge in [-0.1, -0.05) is 46.3 Å². The molecule has 0 spiro atoms. The van der Waals surface area contributed by atoms with E-state index in [2.05, 4.69) is 37.9 Å². The predicted molar refractivity (Wildman–Crippen MR) is 85.6 cm³/mol. The SMILES string of the molecule is O=c1[nH]c2c(c(O)c1CBr)CCN(Cc1ccccc1)C2. The van der Waals surface area contributed by atoms with Crippen molar-refractivity contribution in [2.24, 2.45) is 0 Å².